The number of hydrogen-bond donors (Lipinski definition) is 1. The lowest BCUT2D eigenvalue weighted by Crippen LogP contribution is -2.51. The van der Waals surface area contributed by atoms with Crippen LogP contribution in [0.2, 0.25) is 0 Å². The van der Waals surface area contributed by atoms with Crippen molar-refractivity contribution in [1.82, 2.24) is 29.8 Å². The summed E-state index contributed by atoms with van der Waals surface area (Å²) in [6.07, 6.45) is 6.24. The van der Waals surface area contributed by atoms with E-state index in [0.717, 1.165) is 61.9 Å². The number of nitrogens with zero attached hydrogens (tertiary/aromatic N) is 7. The van der Waals surface area contributed by atoms with Gasteiger partial charge in [0.2, 0.25) is 0 Å². The van der Waals surface area contributed by atoms with Gasteiger partial charge in [0.25, 0.3) is 0 Å². The van der Waals surface area contributed by atoms with Gasteiger partial charge in [-0.2, -0.15) is 10.2 Å². The van der Waals surface area contributed by atoms with Gasteiger partial charge in [0.1, 0.15) is 12.4 Å². The number of benzene rings is 1. The standard InChI is InChI=1S/C26H32N8O2/c1-32-11-3-6-21(32)17-36-26-30-25(33-12-10-28-20(16-33)7-9-27)24-29-15-22(34(24)31-26)14-19-5-2-4-18-8-13-35-23(18)19/h2,4-5,15,20-21,28H,3,6-8,10-14,16-17H2,1H3/t20-,21-/m0/s1. The van der Waals surface area contributed by atoms with E-state index in [1.807, 2.05) is 10.7 Å². The molecule has 0 aliphatic carbocycles. The van der Waals surface area contributed by atoms with E-state index in [4.69, 9.17) is 24.5 Å². The number of hydrogen-bond acceptors (Lipinski definition) is 9. The molecule has 36 heavy (non-hydrogen) atoms. The van der Waals surface area contributed by atoms with Crippen LogP contribution in [0.4, 0.5) is 5.82 Å². The van der Waals surface area contributed by atoms with E-state index in [-0.39, 0.29) is 6.04 Å². The Hall–Kier alpha value is -3.42. The largest absolute Gasteiger partial charge is 0.493 e. The lowest BCUT2D eigenvalue weighted by atomic mass is 10.0. The first kappa shape index (κ1) is 23.0. The third kappa shape index (κ3) is 4.45. The highest BCUT2D eigenvalue weighted by Crippen LogP contribution is 2.32. The summed E-state index contributed by atoms with van der Waals surface area (Å²) >= 11 is 0. The van der Waals surface area contributed by atoms with Crippen LogP contribution in [0.15, 0.2) is 24.4 Å². The van der Waals surface area contributed by atoms with Gasteiger partial charge in [-0.15, -0.1) is 5.10 Å². The lowest BCUT2D eigenvalue weighted by molar-refractivity contribution is 0.185. The number of aromatic nitrogens is 4. The molecule has 10 nitrogen and oxygen atoms in total. The molecule has 188 valence electrons. The molecule has 6 rings (SSSR count). The van der Waals surface area contributed by atoms with Gasteiger partial charge in [-0.25, -0.2) is 9.50 Å². The van der Waals surface area contributed by atoms with Gasteiger partial charge in [0, 0.05) is 50.1 Å². The Morgan fingerprint density at radius 2 is 2.25 bits per heavy atom. The summed E-state index contributed by atoms with van der Waals surface area (Å²) in [5, 5.41) is 17.4. The topological polar surface area (TPSA) is 104 Å². The molecule has 1 aromatic carbocycles. The van der Waals surface area contributed by atoms with Crippen LogP contribution < -0.4 is 19.7 Å². The molecule has 0 radical (unpaired) electrons. The molecule has 0 amide bonds. The first-order valence-electron chi connectivity index (χ1n) is 12.9. The zero-order valence-corrected chi connectivity index (χ0v) is 20.7. The van der Waals surface area contributed by atoms with Crippen molar-refractivity contribution < 1.29 is 9.47 Å². The van der Waals surface area contributed by atoms with Crippen molar-refractivity contribution in [2.24, 2.45) is 0 Å². The number of anilines is 1. The Balaban J connectivity index is 1.35. The average Bonchev–Trinajstić information content (AvgIpc) is 3.63. The van der Waals surface area contributed by atoms with E-state index in [1.54, 1.807) is 0 Å². The SMILES string of the molecule is CN1CCC[C@H]1COc1nc(N2CCN[C@@H](CC#N)C2)c2ncc(Cc3cccc4c3OCC4)n2n1. The molecule has 5 heterocycles. The molecule has 0 saturated carbocycles. The molecule has 0 bridgehead atoms. The van der Waals surface area contributed by atoms with Crippen LogP contribution in [0, 0.1) is 11.3 Å². The Bertz CT molecular complexity index is 1280. The van der Waals surface area contributed by atoms with Crippen LogP contribution in [0.1, 0.15) is 36.1 Å². The fraction of sp³-hybridized carbons (Fsp3) is 0.538. The Morgan fingerprint density at radius 3 is 3.11 bits per heavy atom. The maximum atomic E-state index is 9.21. The van der Waals surface area contributed by atoms with E-state index in [0.29, 0.717) is 43.7 Å². The Kier molecular flexibility index (Phi) is 6.34. The van der Waals surface area contributed by atoms with Gasteiger partial charge < -0.3 is 24.6 Å². The predicted octanol–water partition coefficient (Wildman–Crippen LogP) is 1.81. The second kappa shape index (κ2) is 9.91. The summed E-state index contributed by atoms with van der Waals surface area (Å²) in [4.78, 5) is 14.1. The molecule has 2 fully saturated rings. The number of imidazole rings is 1. The summed E-state index contributed by atoms with van der Waals surface area (Å²) in [6, 6.07) is 9.45. The monoisotopic (exact) mass is 488 g/mol. The summed E-state index contributed by atoms with van der Waals surface area (Å²) in [6.45, 7) is 4.63. The molecule has 3 aliphatic heterocycles. The van der Waals surface area contributed by atoms with Crippen LogP contribution in [0.25, 0.3) is 5.65 Å². The molecule has 1 N–H and O–H groups in total. The van der Waals surface area contributed by atoms with Crippen molar-refractivity contribution in [3.63, 3.8) is 0 Å². The fourth-order valence-electron chi connectivity index (χ4n) is 5.53. The molecular formula is C26H32N8O2. The summed E-state index contributed by atoms with van der Waals surface area (Å²) in [5.41, 5.74) is 4.06. The fourth-order valence-corrected chi connectivity index (χ4v) is 5.53. The van der Waals surface area contributed by atoms with Crippen LogP contribution in [0.3, 0.4) is 0 Å². The van der Waals surface area contributed by atoms with E-state index >= 15 is 0 Å². The number of fused-ring (bicyclic) bond motifs is 2. The van der Waals surface area contributed by atoms with Crippen LogP contribution in [-0.2, 0) is 12.8 Å². The maximum Gasteiger partial charge on any atom is 0.336 e. The first-order valence-corrected chi connectivity index (χ1v) is 12.9. The molecule has 3 aliphatic rings. The van der Waals surface area contributed by atoms with Gasteiger partial charge in [-0.1, -0.05) is 18.2 Å². The van der Waals surface area contributed by atoms with Crippen molar-refractivity contribution in [3.8, 4) is 17.8 Å². The minimum absolute atomic E-state index is 0.0914. The van der Waals surface area contributed by atoms with E-state index in [9.17, 15) is 5.26 Å². The third-order valence-electron chi connectivity index (χ3n) is 7.53. The van der Waals surface area contributed by atoms with Crippen molar-refractivity contribution in [3.05, 3.63) is 41.2 Å². The smallest absolute Gasteiger partial charge is 0.336 e. The van der Waals surface area contributed by atoms with Crippen molar-refractivity contribution in [2.45, 2.75) is 44.2 Å². The summed E-state index contributed by atoms with van der Waals surface area (Å²) in [5.74, 6) is 1.74. The number of para-hydroxylation sites is 1. The van der Waals surface area contributed by atoms with Crippen molar-refractivity contribution in [1.29, 1.82) is 5.26 Å². The number of piperazine rings is 1. The van der Waals surface area contributed by atoms with Crippen LogP contribution >= 0.6 is 0 Å². The van der Waals surface area contributed by atoms with E-state index in [1.165, 1.54) is 12.0 Å². The molecule has 3 aromatic rings. The predicted molar refractivity (Wildman–Crippen MR) is 135 cm³/mol. The number of likely N-dealkylation sites (tertiary alicyclic amines) is 1. The van der Waals surface area contributed by atoms with Gasteiger partial charge in [-0.05, 0) is 32.0 Å². The molecule has 2 atom stereocenters. The molecule has 0 unspecified atom stereocenters. The molecule has 2 aromatic heterocycles. The lowest BCUT2D eigenvalue weighted by Gasteiger charge is -2.33. The van der Waals surface area contributed by atoms with Crippen LogP contribution in [-0.4, -0.2) is 83.0 Å². The quantitative estimate of drug-likeness (QED) is 0.533. The first-order chi connectivity index (χ1) is 17.7. The average molecular weight is 489 g/mol. The maximum absolute atomic E-state index is 9.21. The van der Waals surface area contributed by atoms with E-state index in [2.05, 4.69) is 46.4 Å². The van der Waals surface area contributed by atoms with Gasteiger partial charge in [0.05, 0.1) is 31.0 Å². The Labute approximate surface area is 210 Å². The van der Waals surface area contributed by atoms with Crippen molar-refractivity contribution in [2.75, 3.05) is 51.3 Å². The highest BCUT2D eigenvalue weighted by atomic mass is 16.5. The van der Waals surface area contributed by atoms with Crippen LogP contribution in [0.5, 0.6) is 11.8 Å². The molecule has 10 heteroatoms. The summed E-state index contributed by atoms with van der Waals surface area (Å²) < 4.78 is 14.0. The second-order valence-electron chi connectivity index (χ2n) is 9.93. The number of nitriles is 1. The molecule has 0 spiro atoms. The zero-order chi connectivity index (χ0) is 24.5. The summed E-state index contributed by atoms with van der Waals surface area (Å²) in [7, 11) is 2.14. The zero-order valence-electron chi connectivity index (χ0n) is 20.7. The third-order valence-corrected chi connectivity index (χ3v) is 7.53. The molecular weight excluding hydrogens is 456 g/mol. The highest BCUT2D eigenvalue weighted by Gasteiger charge is 2.27. The minimum atomic E-state index is 0.0914. The van der Waals surface area contributed by atoms with E-state index < -0.39 is 0 Å². The number of likely N-dealkylation sites (N-methyl/N-ethyl adjacent to an activating group) is 1. The number of nitrogens with one attached hydrogen (secondary N) is 1. The highest BCUT2D eigenvalue weighted by molar-refractivity contribution is 5.65. The molecule has 2 saturated heterocycles. The normalized spacial score (nSPS) is 21.9. The van der Waals surface area contributed by atoms with Crippen molar-refractivity contribution >= 4 is 11.5 Å². The minimum Gasteiger partial charge on any atom is -0.493 e. The number of rotatable bonds is 7. The van der Waals surface area contributed by atoms with Gasteiger partial charge in [0.15, 0.2) is 11.5 Å². The van der Waals surface area contributed by atoms with Gasteiger partial charge in [-0.3, -0.25) is 0 Å². The number of ether oxygens (including phenoxy) is 2. The van der Waals surface area contributed by atoms with Gasteiger partial charge >= 0.3 is 6.01 Å². The Morgan fingerprint density at radius 1 is 1.31 bits per heavy atom. The second-order valence-corrected chi connectivity index (χ2v) is 9.93.